The number of para-hydroxylation sites is 1. The minimum absolute atomic E-state index is 0.0703. The van der Waals surface area contributed by atoms with E-state index >= 15 is 0 Å². The Labute approximate surface area is 183 Å². The second-order valence-corrected chi connectivity index (χ2v) is 7.58. The standard InChI is InChI=1S/C26H28N2O3/c1-18-9-7-10-19(2)25(18)31-20(3)26(30)28-23-14-8-13-22(17-23)27-24(29)16-15-21-11-5-4-6-12-21/h4-14,17,20H,15-16H2,1-3H3,(H,27,29)(H,28,30). The first-order chi connectivity index (χ1) is 14.9. The molecule has 5 nitrogen and oxygen atoms in total. The first-order valence-corrected chi connectivity index (χ1v) is 10.4. The molecule has 0 bridgehead atoms. The molecule has 0 fully saturated rings. The highest BCUT2D eigenvalue weighted by Crippen LogP contribution is 2.24. The number of anilines is 2. The Bertz CT molecular complexity index is 1030. The Morgan fingerprint density at radius 1 is 0.839 bits per heavy atom. The number of amides is 2. The highest BCUT2D eigenvalue weighted by Gasteiger charge is 2.17. The lowest BCUT2D eigenvalue weighted by atomic mass is 10.1. The molecule has 2 amide bonds. The van der Waals surface area contributed by atoms with Crippen LogP contribution < -0.4 is 15.4 Å². The van der Waals surface area contributed by atoms with Crippen molar-refractivity contribution in [2.75, 3.05) is 10.6 Å². The molecule has 31 heavy (non-hydrogen) atoms. The predicted molar refractivity (Wildman–Crippen MR) is 124 cm³/mol. The summed E-state index contributed by atoms with van der Waals surface area (Å²) in [5.74, 6) is 0.402. The summed E-state index contributed by atoms with van der Waals surface area (Å²) in [5.41, 5.74) is 4.33. The van der Waals surface area contributed by atoms with Crippen LogP contribution in [0, 0.1) is 13.8 Å². The van der Waals surface area contributed by atoms with Gasteiger partial charge in [-0.15, -0.1) is 0 Å². The molecule has 0 aromatic heterocycles. The van der Waals surface area contributed by atoms with Gasteiger partial charge in [-0.25, -0.2) is 0 Å². The van der Waals surface area contributed by atoms with Crippen LogP contribution in [0.2, 0.25) is 0 Å². The molecule has 5 heteroatoms. The van der Waals surface area contributed by atoms with Gasteiger partial charge in [0.2, 0.25) is 5.91 Å². The summed E-state index contributed by atoms with van der Waals surface area (Å²) in [7, 11) is 0. The fourth-order valence-electron chi connectivity index (χ4n) is 3.26. The molecule has 0 aliphatic heterocycles. The van der Waals surface area contributed by atoms with Gasteiger partial charge in [-0.3, -0.25) is 9.59 Å². The number of nitrogens with one attached hydrogen (secondary N) is 2. The molecule has 0 aliphatic rings. The zero-order valence-electron chi connectivity index (χ0n) is 18.1. The maximum atomic E-state index is 12.6. The summed E-state index contributed by atoms with van der Waals surface area (Å²) in [6, 6.07) is 22.9. The minimum atomic E-state index is -0.663. The van der Waals surface area contributed by atoms with Crippen LogP contribution in [0.15, 0.2) is 72.8 Å². The SMILES string of the molecule is Cc1cccc(C)c1OC(C)C(=O)Nc1cccc(NC(=O)CCc2ccccc2)c1. The smallest absolute Gasteiger partial charge is 0.265 e. The Morgan fingerprint density at radius 2 is 1.45 bits per heavy atom. The van der Waals surface area contributed by atoms with Crippen molar-refractivity contribution in [1.29, 1.82) is 0 Å². The van der Waals surface area contributed by atoms with E-state index in [0.29, 0.717) is 24.2 Å². The van der Waals surface area contributed by atoms with E-state index in [9.17, 15) is 9.59 Å². The van der Waals surface area contributed by atoms with Gasteiger partial charge >= 0.3 is 0 Å². The van der Waals surface area contributed by atoms with Crippen molar-refractivity contribution in [1.82, 2.24) is 0 Å². The highest BCUT2D eigenvalue weighted by molar-refractivity contribution is 5.96. The van der Waals surface area contributed by atoms with Crippen molar-refractivity contribution in [2.45, 2.75) is 39.7 Å². The molecule has 160 valence electrons. The van der Waals surface area contributed by atoms with Gasteiger partial charge < -0.3 is 15.4 Å². The van der Waals surface area contributed by atoms with Crippen molar-refractivity contribution < 1.29 is 14.3 Å². The average molecular weight is 417 g/mol. The number of hydrogen-bond acceptors (Lipinski definition) is 3. The largest absolute Gasteiger partial charge is 0.480 e. The number of hydrogen-bond donors (Lipinski definition) is 2. The van der Waals surface area contributed by atoms with Crippen LogP contribution in [-0.4, -0.2) is 17.9 Å². The minimum Gasteiger partial charge on any atom is -0.480 e. The van der Waals surface area contributed by atoms with Crippen molar-refractivity contribution in [3.05, 3.63) is 89.5 Å². The van der Waals surface area contributed by atoms with E-state index in [1.807, 2.05) is 62.4 Å². The molecule has 0 spiro atoms. The van der Waals surface area contributed by atoms with E-state index in [4.69, 9.17) is 4.74 Å². The van der Waals surface area contributed by atoms with E-state index in [1.54, 1.807) is 31.2 Å². The van der Waals surface area contributed by atoms with Gasteiger partial charge in [0.1, 0.15) is 5.75 Å². The summed E-state index contributed by atoms with van der Waals surface area (Å²) in [4.78, 5) is 24.9. The third kappa shape index (κ3) is 6.44. The van der Waals surface area contributed by atoms with E-state index in [-0.39, 0.29) is 11.8 Å². The number of benzene rings is 3. The van der Waals surface area contributed by atoms with Gasteiger partial charge in [-0.2, -0.15) is 0 Å². The molecule has 0 radical (unpaired) electrons. The molecule has 0 heterocycles. The molecule has 3 aromatic carbocycles. The van der Waals surface area contributed by atoms with Crippen molar-refractivity contribution in [3.8, 4) is 5.75 Å². The van der Waals surface area contributed by atoms with E-state index in [0.717, 1.165) is 22.4 Å². The summed E-state index contributed by atoms with van der Waals surface area (Å²) >= 11 is 0. The first-order valence-electron chi connectivity index (χ1n) is 10.4. The first kappa shape index (κ1) is 22.1. The number of ether oxygens (including phenoxy) is 1. The Morgan fingerprint density at radius 3 is 2.13 bits per heavy atom. The molecule has 0 saturated carbocycles. The maximum absolute atomic E-state index is 12.6. The molecule has 1 unspecified atom stereocenters. The van der Waals surface area contributed by atoms with Gasteiger partial charge in [0, 0.05) is 17.8 Å². The van der Waals surface area contributed by atoms with E-state index in [2.05, 4.69) is 10.6 Å². The van der Waals surface area contributed by atoms with E-state index in [1.165, 1.54) is 0 Å². The lowest BCUT2D eigenvalue weighted by Gasteiger charge is -2.18. The second kappa shape index (κ2) is 10.4. The van der Waals surface area contributed by atoms with Gasteiger partial charge in [0.25, 0.3) is 5.91 Å². The van der Waals surface area contributed by atoms with Crippen LogP contribution in [0.5, 0.6) is 5.75 Å². The highest BCUT2D eigenvalue weighted by atomic mass is 16.5. The monoisotopic (exact) mass is 416 g/mol. The maximum Gasteiger partial charge on any atom is 0.265 e. The quantitative estimate of drug-likeness (QED) is 0.525. The number of carbonyl (C=O) groups excluding carboxylic acids is 2. The van der Waals surface area contributed by atoms with Gasteiger partial charge in [-0.05, 0) is 62.1 Å². The zero-order chi connectivity index (χ0) is 22.2. The fourth-order valence-corrected chi connectivity index (χ4v) is 3.26. The van der Waals surface area contributed by atoms with Gasteiger partial charge in [-0.1, -0.05) is 54.6 Å². The van der Waals surface area contributed by atoms with Crippen molar-refractivity contribution >= 4 is 23.2 Å². The molecule has 0 aliphatic carbocycles. The average Bonchev–Trinajstić information content (AvgIpc) is 2.76. The normalized spacial score (nSPS) is 11.5. The summed E-state index contributed by atoms with van der Waals surface area (Å²) in [6.07, 6.45) is 0.404. The predicted octanol–water partition coefficient (Wildman–Crippen LogP) is 5.28. The lowest BCUT2D eigenvalue weighted by Crippen LogP contribution is -2.30. The Kier molecular flexibility index (Phi) is 7.44. The molecule has 2 N–H and O–H groups in total. The van der Waals surface area contributed by atoms with Crippen LogP contribution in [0.3, 0.4) is 0 Å². The molecule has 0 saturated heterocycles. The Hall–Kier alpha value is -3.60. The van der Waals surface area contributed by atoms with Crippen LogP contribution in [0.4, 0.5) is 11.4 Å². The van der Waals surface area contributed by atoms with Crippen LogP contribution >= 0.6 is 0 Å². The van der Waals surface area contributed by atoms with E-state index < -0.39 is 6.10 Å². The second-order valence-electron chi connectivity index (χ2n) is 7.58. The van der Waals surface area contributed by atoms with Crippen LogP contribution in [0.25, 0.3) is 0 Å². The molecule has 1 atom stereocenters. The summed E-state index contributed by atoms with van der Waals surface area (Å²) in [5, 5.41) is 5.75. The molecule has 3 rings (SSSR count). The van der Waals surface area contributed by atoms with Crippen molar-refractivity contribution in [2.24, 2.45) is 0 Å². The molecular formula is C26H28N2O3. The van der Waals surface area contributed by atoms with Gasteiger partial charge in [0.15, 0.2) is 6.10 Å². The Balaban J connectivity index is 1.55. The number of rotatable bonds is 8. The molecule has 3 aromatic rings. The summed E-state index contributed by atoms with van der Waals surface area (Å²) in [6.45, 7) is 5.63. The number of aryl methyl sites for hydroxylation is 3. The van der Waals surface area contributed by atoms with Crippen LogP contribution in [-0.2, 0) is 16.0 Å². The topological polar surface area (TPSA) is 67.4 Å². The van der Waals surface area contributed by atoms with Crippen LogP contribution in [0.1, 0.15) is 30.0 Å². The van der Waals surface area contributed by atoms with Gasteiger partial charge in [0.05, 0.1) is 0 Å². The zero-order valence-corrected chi connectivity index (χ0v) is 18.1. The van der Waals surface area contributed by atoms with Crippen molar-refractivity contribution in [3.63, 3.8) is 0 Å². The molecular weight excluding hydrogens is 388 g/mol. The fraction of sp³-hybridized carbons (Fsp3) is 0.231. The third-order valence-corrected chi connectivity index (χ3v) is 4.97. The third-order valence-electron chi connectivity index (χ3n) is 4.97. The lowest BCUT2D eigenvalue weighted by molar-refractivity contribution is -0.122. The number of carbonyl (C=O) groups is 2. The summed E-state index contributed by atoms with van der Waals surface area (Å²) < 4.78 is 5.90.